The molecule has 0 spiro atoms. The Kier molecular flexibility index (Phi) is 5.57. The highest BCUT2D eigenvalue weighted by atomic mass is 32.2. The molecule has 1 atom stereocenters. The van der Waals surface area contributed by atoms with Crippen molar-refractivity contribution in [1.29, 1.82) is 0 Å². The minimum Gasteiger partial charge on any atom is -0.310 e. The van der Waals surface area contributed by atoms with Gasteiger partial charge in [-0.1, -0.05) is 6.92 Å². The van der Waals surface area contributed by atoms with Gasteiger partial charge in [-0.25, -0.2) is 0 Å². The molecule has 1 heterocycles. The third-order valence-corrected chi connectivity index (χ3v) is 3.54. The number of nitrogens with zero attached hydrogens (tertiary/aromatic N) is 2. The summed E-state index contributed by atoms with van der Waals surface area (Å²) in [6, 6.07) is 2.01. The van der Waals surface area contributed by atoms with E-state index in [9.17, 15) is 4.21 Å². The van der Waals surface area contributed by atoms with Crippen LogP contribution in [0.3, 0.4) is 0 Å². The zero-order chi connectivity index (χ0) is 11.1. The number of hydrogen-bond acceptors (Lipinski definition) is 3. The van der Waals surface area contributed by atoms with Crippen LogP contribution in [0.5, 0.6) is 0 Å². The second-order valence-corrected chi connectivity index (χ2v) is 5.11. The maximum Gasteiger partial charge on any atom is 0.0521 e. The van der Waals surface area contributed by atoms with Gasteiger partial charge in [-0.3, -0.25) is 8.89 Å². The van der Waals surface area contributed by atoms with E-state index in [1.165, 1.54) is 5.69 Å². The topological polar surface area (TPSA) is 46.9 Å². The highest BCUT2D eigenvalue weighted by molar-refractivity contribution is 7.84. The molecule has 0 aromatic carbocycles. The highest BCUT2D eigenvalue weighted by Gasteiger charge is 2.00. The number of aromatic nitrogens is 2. The van der Waals surface area contributed by atoms with E-state index in [1.807, 2.05) is 23.9 Å². The van der Waals surface area contributed by atoms with Crippen LogP contribution >= 0.6 is 0 Å². The molecule has 0 saturated heterocycles. The molecule has 0 saturated carbocycles. The molecule has 0 bridgehead atoms. The fourth-order valence-electron chi connectivity index (χ4n) is 1.34. The van der Waals surface area contributed by atoms with Crippen LogP contribution in [0.15, 0.2) is 12.3 Å². The number of aryl methyl sites for hydroxylation is 1. The van der Waals surface area contributed by atoms with E-state index in [0.717, 1.165) is 31.1 Å². The van der Waals surface area contributed by atoms with Gasteiger partial charge < -0.3 is 5.32 Å². The average Bonchev–Trinajstić information content (AvgIpc) is 2.71. The standard InChI is InChI=1S/C10H19N3OS/c1-3-13-10(5-6-12-13)9-11-7-8-15(14)4-2/h5-6,11H,3-4,7-9H2,1-2H3. The molecule has 0 amide bonds. The van der Waals surface area contributed by atoms with Gasteiger partial charge in [-0.2, -0.15) is 5.10 Å². The van der Waals surface area contributed by atoms with Crippen LogP contribution in [0.4, 0.5) is 0 Å². The summed E-state index contributed by atoms with van der Waals surface area (Å²) in [6.07, 6.45) is 1.81. The maximum absolute atomic E-state index is 11.1. The molecule has 0 aliphatic carbocycles. The fourth-order valence-corrected chi connectivity index (χ4v) is 2.00. The first-order valence-corrected chi connectivity index (χ1v) is 6.83. The van der Waals surface area contributed by atoms with Gasteiger partial charge in [0.15, 0.2) is 0 Å². The zero-order valence-corrected chi connectivity index (χ0v) is 10.2. The maximum atomic E-state index is 11.1. The second kappa shape index (κ2) is 6.74. The zero-order valence-electron chi connectivity index (χ0n) is 9.40. The lowest BCUT2D eigenvalue weighted by molar-refractivity contribution is 0.589. The van der Waals surface area contributed by atoms with Crippen molar-refractivity contribution in [2.45, 2.75) is 26.9 Å². The summed E-state index contributed by atoms with van der Waals surface area (Å²) in [5.74, 6) is 1.48. The summed E-state index contributed by atoms with van der Waals surface area (Å²) in [7, 11) is -0.667. The molecule has 0 fully saturated rings. The predicted octanol–water partition coefficient (Wildman–Crippen LogP) is 0.761. The van der Waals surface area contributed by atoms with Crippen LogP contribution < -0.4 is 5.32 Å². The summed E-state index contributed by atoms with van der Waals surface area (Å²) < 4.78 is 13.1. The van der Waals surface area contributed by atoms with Crippen LogP contribution in [0.2, 0.25) is 0 Å². The molecule has 86 valence electrons. The van der Waals surface area contributed by atoms with Crippen molar-refractivity contribution < 1.29 is 4.21 Å². The van der Waals surface area contributed by atoms with E-state index < -0.39 is 10.8 Å². The molecule has 1 N–H and O–H groups in total. The number of rotatable bonds is 7. The van der Waals surface area contributed by atoms with Crippen molar-refractivity contribution >= 4 is 10.8 Å². The van der Waals surface area contributed by atoms with Crippen LogP contribution in [0, 0.1) is 0 Å². The molecule has 0 aliphatic rings. The molecular formula is C10H19N3OS. The molecule has 5 heteroatoms. The number of nitrogens with one attached hydrogen (secondary N) is 1. The lowest BCUT2D eigenvalue weighted by Gasteiger charge is -2.06. The van der Waals surface area contributed by atoms with Gasteiger partial charge in [-0.05, 0) is 13.0 Å². The molecule has 1 aromatic rings. The summed E-state index contributed by atoms with van der Waals surface area (Å²) in [5, 5.41) is 7.46. The Morgan fingerprint density at radius 3 is 3.00 bits per heavy atom. The summed E-state index contributed by atoms with van der Waals surface area (Å²) in [4.78, 5) is 0. The summed E-state index contributed by atoms with van der Waals surface area (Å²) in [6.45, 7) is 6.51. The third-order valence-electron chi connectivity index (χ3n) is 2.24. The minimum atomic E-state index is -0.667. The largest absolute Gasteiger partial charge is 0.310 e. The lowest BCUT2D eigenvalue weighted by Crippen LogP contribution is -2.22. The smallest absolute Gasteiger partial charge is 0.0521 e. The van der Waals surface area contributed by atoms with Crippen molar-refractivity contribution in [3.8, 4) is 0 Å². The van der Waals surface area contributed by atoms with Crippen molar-refractivity contribution in [3.63, 3.8) is 0 Å². The Morgan fingerprint density at radius 2 is 2.33 bits per heavy atom. The van der Waals surface area contributed by atoms with Crippen molar-refractivity contribution in [2.24, 2.45) is 0 Å². The molecule has 1 aromatic heterocycles. The van der Waals surface area contributed by atoms with E-state index in [2.05, 4.69) is 17.3 Å². The molecular weight excluding hydrogens is 210 g/mol. The van der Waals surface area contributed by atoms with E-state index in [0.29, 0.717) is 0 Å². The van der Waals surface area contributed by atoms with Crippen molar-refractivity contribution in [2.75, 3.05) is 18.1 Å². The quantitative estimate of drug-likeness (QED) is 0.702. The van der Waals surface area contributed by atoms with Gasteiger partial charge in [0.05, 0.1) is 5.69 Å². The molecule has 0 radical (unpaired) electrons. The Labute approximate surface area is 93.5 Å². The Bertz CT molecular complexity index is 311. The Morgan fingerprint density at radius 1 is 1.53 bits per heavy atom. The predicted molar refractivity (Wildman–Crippen MR) is 63.2 cm³/mol. The minimum absolute atomic E-state index is 0.667. The molecule has 1 rings (SSSR count). The van der Waals surface area contributed by atoms with Gasteiger partial charge >= 0.3 is 0 Å². The fraction of sp³-hybridized carbons (Fsp3) is 0.700. The highest BCUT2D eigenvalue weighted by Crippen LogP contribution is 1.97. The second-order valence-electron chi connectivity index (χ2n) is 3.25. The van der Waals surface area contributed by atoms with Crippen molar-refractivity contribution in [1.82, 2.24) is 15.1 Å². The number of hydrogen-bond donors (Lipinski definition) is 1. The third kappa shape index (κ3) is 4.13. The van der Waals surface area contributed by atoms with Gasteiger partial charge in [-0.15, -0.1) is 0 Å². The van der Waals surface area contributed by atoms with Gasteiger partial charge in [0, 0.05) is 48.1 Å². The normalized spacial score (nSPS) is 12.9. The van der Waals surface area contributed by atoms with Crippen LogP contribution in [-0.4, -0.2) is 32.0 Å². The van der Waals surface area contributed by atoms with E-state index in [4.69, 9.17) is 0 Å². The Hall–Kier alpha value is -0.680. The summed E-state index contributed by atoms with van der Waals surface area (Å²) >= 11 is 0. The first-order chi connectivity index (χ1) is 7.27. The SMILES string of the molecule is CCn1nccc1CNCCS(=O)CC. The molecule has 4 nitrogen and oxygen atoms in total. The summed E-state index contributed by atoms with van der Waals surface area (Å²) in [5.41, 5.74) is 1.18. The van der Waals surface area contributed by atoms with E-state index in [-0.39, 0.29) is 0 Å². The van der Waals surface area contributed by atoms with Crippen LogP contribution in [0.1, 0.15) is 19.5 Å². The van der Waals surface area contributed by atoms with E-state index >= 15 is 0 Å². The lowest BCUT2D eigenvalue weighted by atomic mass is 10.4. The molecule has 0 aliphatic heterocycles. The monoisotopic (exact) mass is 229 g/mol. The Balaban J connectivity index is 2.23. The first-order valence-electron chi connectivity index (χ1n) is 5.34. The van der Waals surface area contributed by atoms with Crippen LogP contribution in [0.25, 0.3) is 0 Å². The molecule has 15 heavy (non-hydrogen) atoms. The van der Waals surface area contributed by atoms with Crippen LogP contribution in [-0.2, 0) is 23.9 Å². The first kappa shape index (κ1) is 12.4. The average molecular weight is 229 g/mol. The molecule has 1 unspecified atom stereocenters. The van der Waals surface area contributed by atoms with Gasteiger partial charge in [0.1, 0.15) is 0 Å². The van der Waals surface area contributed by atoms with Gasteiger partial charge in [0.25, 0.3) is 0 Å². The van der Waals surface area contributed by atoms with E-state index in [1.54, 1.807) is 0 Å². The van der Waals surface area contributed by atoms with Crippen molar-refractivity contribution in [3.05, 3.63) is 18.0 Å². The van der Waals surface area contributed by atoms with Gasteiger partial charge in [0.2, 0.25) is 0 Å².